The van der Waals surface area contributed by atoms with Gasteiger partial charge in [0.2, 0.25) is 5.91 Å². The molecule has 1 unspecified atom stereocenters. The highest BCUT2D eigenvalue weighted by Gasteiger charge is 2.52. The van der Waals surface area contributed by atoms with Gasteiger partial charge in [-0.05, 0) is 38.8 Å². The van der Waals surface area contributed by atoms with Crippen LogP contribution in [0.5, 0.6) is 0 Å². The normalized spacial score (nSPS) is 37.3. The maximum absolute atomic E-state index is 12.4. The van der Waals surface area contributed by atoms with Crippen LogP contribution in [-0.4, -0.2) is 48.0 Å². The summed E-state index contributed by atoms with van der Waals surface area (Å²) in [6.45, 7) is 3.94. The number of nitrogens with two attached hydrogens (primary N) is 1. The van der Waals surface area contributed by atoms with Gasteiger partial charge in [0, 0.05) is 12.6 Å². The molecular weight excluding hydrogens is 232 g/mol. The number of hydrogen-bond acceptors (Lipinski definition) is 4. The largest absolute Gasteiger partial charge is 0.409 e. The second-order valence-electron chi connectivity index (χ2n) is 5.80. The summed E-state index contributed by atoms with van der Waals surface area (Å²) >= 11 is 0. The summed E-state index contributed by atoms with van der Waals surface area (Å²) in [5.41, 5.74) is 4.92. The van der Waals surface area contributed by atoms with Gasteiger partial charge in [0.25, 0.3) is 0 Å². The first-order valence-corrected chi connectivity index (χ1v) is 6.45. The monoisotopic (exact) mass is 254 g/mol. The number of nitrogens with one attached hydrogen (secondary N) is 1. The Morgan fingerprint density at radius 2 is 2.22 bits per heavy atom. The van der Waals surface area contributed by atoms with Crippen LogP contribution in [-0.2, 0) is 4.79 Å². The SMILES string of the molecule is CC1CC(C(=O)NC2CCN(C)C2)(C(N)=NO)C1. The van der Waals surface area contributed by atoms with Crippen LogP contribution in [0.25, 0.3) is 0 Å². The third-order valence-corrected chi connectivity index (χ3v) is 4.15. The number of carbonyl (C=O) groups excluding carboxylic acids is 1. The van der Waals surface area contributed by atoms with Crippen molar-refractivity contribution < 1.29 is 10.0 Å². The molecule has 102 valence electrons. The molecule has 0 radical (unpaired) electrons. The molecule has 1 saturated carbocycles. The molecule has 1 saturated heterocycles. The van der Waals surface area contributed by atoms with Crippen LogP contribution in [0, 0.1) is 11.3 Å². The highest BCUT2D eigenvalue weighted by Crippen LogP contribution is 2.46. The van der Waals surface area contributed by atoms with Crippen LogP contribution in [0.15, 0.2) is 5.16 Å². The van der Waals surface area contributed by atoms with E-state index in [4.69, 9.17) is 10.9 Å². The highest BCUT2D eigenvalue weighted by atomic mass is 16.4. The first-order valence-electron chi connectivity index (χ1n) is 6.45. The molecule has 1 aliphatic heterocycles. The van der Waals surface area contributed by atoms with Crippen LogP contribution >= 0.6 is 0 Å². The molecule has 1 heterocycles. The Morgan fingerprint density at radius 1 is 1.56 bits per heavy atom. The predicted molar refractivity (Wildman–Crippen MR) is 68.3 cm³/mol. The van der Waals surface area contributed by atoms with Gasteiger partial charge < -0.3 is 21.2 Å². The van der Waals surface area contributed by atoms with Crippen LogP contribution < -0.4 is 11.1 Å². The summed E-state index contributed by atoms with van der Waals surface area (Å²) in [4.78, 5) is 14.5. The zero-order chi connectivity index (χ0) is 13.3. The quantitative estimate of drug-likeness (QED) is 0.285. The van der Waals surface area contributed by atoms with Crippen LogP contribution in [0.2, 0.25) is 0 Å². The Bertz CT molecular complexity index is 363. The summed E-state index contributed by atoms with van der Waals surface area (Å²) < 4.78 is 0. The molecule has 1 amide bonds. The predicted octanol–water partition coefficient (Wildman–Crippen LogP) is -0.0306. The molecule has 2 aliphatic rings. The Morgan fingerprint density at radius 3 is 2.67 bits per heavy atom. The van der Waals surface area contributed by atoms with Gasteiger partial charge in [-0.25, -0.2) is 0 Å². The van der Waals surface area contributed by atoms with E-state index in [0.717, 1.165) is 19.5 Å². The fourth-order valence-corrected chi connectivity index (χ4v) is 3.11. The molecule has 0 bridgehead atoms. The van der Waals surface area contributed by atoms with Crippen molar-refractivity contribution in [3.8, 4) is 0 Å². The zero-order valence-corrected chi connectivity index (χ0v) is 11.0. The van der Waals surface area contributed by atoms with Gasteiger partial charge in [0.05, 0.1) is 0 Å². The lowest BCUT2D eigenvalue weighted by Gasteiger charge is -2.44. The van der Waals surface area contributed by atoms with E-state index in [1.54, 1.807) is 0 Å². The van der Waals surface area contributed by atoms with Crippen molar-refractivity contribution in [2.24, 2.45) is 22.2 Å². The molecule has 2 rings (SSSR count). The zero-order valence-electron chi connectivity index (χ0n) is 11.0. The van der Waals surface area contributed by atoms with Gasteiger partial charge in [-0.1, -0.05) is 12.1 Å². The average Bonchev–Trinajstić information content (AvgIpc) is 2.69. The van der Waals surface area contributed by atoms with Crippen molar-refractivity contribution in [3.63, 3.8) is 0 Å². The van der Waals surface area contributed by atoms with Crippen LogP contribution in [0.1, 0.15) is 26.2 Å². The Hall–Kier alpha value is -1.30. The van der Waals surface area contributed by atoms with E-state index < -0.39 is 5.41 Å². The minimum atomic E-state index is -0.782. The van der Waals surface area contributed by atoms with Crippen molar-refractivity contribution in [2.45, 2.75) is 32.2 Å². The van der Waals surface area contributed by atoms with Gasteiger partial charge in [0.15, 0.2) is 5.84 Å². The van der Waals surface area contributed by atoms with Gasteiger partial charge in [-0.15, -0.1) is 0 Å². The topological polar surface area (TPSA) is 91.0 Å². The summed E-state index contributed by atoms with van der Waals surface area (Å²) in [6.07, 6.45) is 2.29. The summed E-state index contributed by atoms with van der Waals surface area (Å²) in [5.74, 6) is 0.406. The lowest BCUT2D eigenvalue weighted by Crippen LogP contribution is -2.58. The third kappa shape index (κ3) is 2.16. The van der Waals surface area contributed by atoms with E-state index in [1.807, 2.05) is 7.05 Å². The number of amides is 1. The number of hydrogen-bond donors (Lipinski definition) is 3. The van der Waals surface area contributed by atoms with Crippen molar-refractivity contribution in [1.29, 1.82) is 0 Å². The summed E-state index contributed by atoms with van der Waals surface area (Å²) in [6, 6.07) is 0.182. The van der Waals surface area contributed by atoms with E-state index in [9.17, 15) is 4.79 Å². The molecule has 0 aromatic rings. The molecule has 6 heteroatoms. The maximum Gasteiger partial charge on any atom is 0.234 e. The third-order valence-electron chi connectivity index (χ3n) is 4.15. The number of rotatable bonds is 3. The van der Waals surface area contributed by atoms with E-state index >= 15 is 0 Å². The van der Waals surface area contributed by atoms with Crippen LogP contribution in [0.4, 0.5) is 0 Å². The van der Waals surface area contributed by atoms with Gasteiger partial charge in [-0.3, -0.25) is 4.79 Å². The molecular formula is C12H22N4O2. The fraction of sp³-hybridized carbons (Fsp3) is 0.833. The van der Waals surface area contributed by atoms with Crippen molar-refractivity contribution in [2.75, 3.05) is 20.1 Å². The number of likely N-dealkylation sites (tertiary alicyclic amines) is 1. The van der Waals surface area contributed by atoms with Gasteiger partial charge in [0.1, 0.15) is 5.41 Å². The second-order valence-corrected chi connectivity index (χ2v) is 5.80. The number of likely N-dealkylation sites (N-methyl/N-ethyl adjacent to an activating group) is 1. The lowest BCUT2D eigenvalue weighted by atomic mass is 9.61. The van der Waals surface area contributed by atoms with E-state index in [-0.39, 0.29) is 17.8 Å². The van der Waals surface area contributed by atoms with E-state index in [2.05, 4.69) is 22.3 Å². The average molecular weight is 254 g/mol. The minimum Gasteiger partial charge on any atom is -0.409 e. The van der Waals surface area contributed by atoms with E-state index in [0.29, 0.717) is 18.8 Å². The molecule has 0 spiro atoms. The van der Waals surface area contributed by atoms with Gasteiger partial charge >= 0.3 is 0 Å². The maximum atomic E-state index is 12.4. The Kier molecular flexibility index (Phi) is 3.47. The summed E-state index contributed by atoms with van der Waals surface area (Å²) in [5, 5.41) is 14.9. The molecule has 18 heavy (non-hydrogen) atoms. The lowest BCUT2D eigenvalue weighted by molar-refractivity contribution is -0.133. The van der Waals surface area contributed by atoms with E-state index in [1.165, 1.54) is 0 Å². The van der Waals surface area contributed by atoms with Crippen molar-refractivity contribution >= 4 is 11.7 Å². The molecule has 1 aliphatic carbocycles. The highest BCUT2D eigenvalue weighted by molar-refractivity contribution is 6.07. The number of nitrogens with zero attached hydrogens (tertiary/aromatic N) is 2. The smallest absolute Gasteiger partial charge is 0.234 e. The van der Waals surface area contributed by atoms with Crippen LogP contribution in [0.3, 0.4) is 0 Å². The fourth-order valence-electron chi connectivity index (χ4n) is 3.11. The number of oxime groups is 1. The number of carbonyl (C=O) groups is 1. The molecule has 6 nitrogen and oxygen atoms in total. The summed E-state index contributed by atoms with van der Waals surface area (Å²) in [7, 11) is 2.04. The second kappa shape index (κ2) is 4.76. The molecule has 0 aromatic heterocycles. The Balaban J connectivity index is 2.02. The molecule has 1 atom stereocenters. The molecule has 4 N–H and O–H groups in total. The first kappa shape index (κ1) is 13.1. The first-order chi connectivity index (χ1) is 8.48. The minimum absolute atomic E-state index is 0.0458. The standard InChI is InChI=1S/C12H22N4O2/c1-8-5-12(6-8,10(13)15-18)11(17)14-9-3-4-16(2)7-9/h8-9,18H,3-7H2,1-2H3,(H2,13,15)(H,14,17). The van der Waals surface area contributed by atoms with Crippen molar-refractivity contribution in [1.82, 2.24) is 10.2 Å². The Labute approximate surface area is 107 Å². The molecule has 2 fully saturated rings. The molecule has 0 aromatic carbocycles. The van der Waals surface area contributed by atoms with Crippen molar-refractivity contribution in [3.05, 3.63) is 0 Å². The number of amidine groups is 1. The van der Waals surface area contributed by atoms with Gasteiger partial charge in [-0.2, -0.15) is 0 Å².